The monoisotopic (exact) mass is 230 g/mol. The average molecular weight is 230 g/mol. The van der Waals surface area contributed by atoms with Crippen LogP contribution in [-0.4, -0.2) is 49.0 Å². The van der Waals surface area contributed by atoms with Crippen LogP contribution in [-0.2, 0) is 4.79 Å². The topological polar surface area (TPSA) is 32.3 Å². The molecule has 15 heavy (non-hydrogen) atoms. The molecule has 4 heteroatoms. The third-order valence-corrected chi connectivity index (χ3v) is 3.05. The van der Waals surface area contributed by atoms with Gasteiger partial charge in [0.05, 0.1) is 6.54 Å². The van der Waals surface area contributed by atoms with Crippen molar-refractivity contribution in [2.24, 2.45) is 0 Å². The number of rotatable bonds is 8. The fourth-order valence-corrected chi connectivity index (χ4v) is 2.15. The van der Waals surface area contributed by atoms with Gasteiger partial charge in [0.25, 0.3) is 0 Å². The molecule has 0 heterocycles. The highest BCUT2D eigenvalue weighted by atomic mass is 32.2. The number of hydrogen-bond donors (Lipinski definition) is 1. The summed E-state index contributed by atoms with van der Waals surface area (Å²) in [5, 5.41) is 3.02. The van der Waals surface area contributed by atoms with E-state index in [9.17, 15) is 4.79 Å². The van der Waals surface area contributed by atoms with Gasteiger partial charge in [0.15, 0.2) is 0 Å². The molecule has 0 aromatic carbocycles. The average Bonchev–Trinajstić information content (AvgIpc) is 2.25. The molecule has 0 spiro atoms. The first-order valence-electron chi connectivity index (χ1n) is 5.23. The number of hydrogen-bond acceptors (Lipinski definition) is 3. The normalized spacial score (nSPS) is 12.2. The Bertz CT molecular complexity index is 197. The van der Waals surface area contributed by atoms with Gasteiger partial charge in [0.2, 0.25) is 5.91 Å². The standard InChI is InChI=1S/C11H22N2OS/c1-5-7-12-8-11(14)13(3)10(6-2)9-15-4/h5,10,12H,1,6-9H2,2-4H3. The van der Waals surface area contributed by atoms with Crippen LogP contribution in [0.2, 0.25) is 0 Å². The maximum absolute atomic E-state index is 11.7. The predicted octanol–water partition coefficient (Wildman–Crippen LogP) is 1.36. The lowest BCUT2D eigenvalue weighted by Gasteiger charge is -2.26. The van der Waals surface area contributed by atoms with E-state index >= 15 is 0 Å². The van der Waals surface area contributed by atoms with Crippen LogP contribution in [0.1, 0.15) is 13.3 Å². The molecule has 0 fully saturated rings. The molecule has 0 radical (unpaired) electrons. The fourth-order valence-electron chi connectivity index (χ4n) is 1.31. The Balaban J connectivity index is 3.97. The van der Waals surface area contributed by atoms with Crippen molar-refractivity contribution in [3.05, 3.63) is 12.7 Å². The van der Waals surface area contributed by atoms with Gasteiger partial charge in [-0.3, -0.25) is 4.79 Å². The minimum absolute atomic E-state index is 0.151. The van der Waals surface area contributed by atoms with Gasteiger partial charge >= 0.3 is 0 Å². The molecule has 0 rings (SSSR count). The molecular weight excluding hydrogens is 208 g/mol. The van der Waals surface area contributed by atoms with Crippen LogP contribution in [0.3, 0.4) is 0 Å². The Labute approximate surface area is 97.3 Å². The summed E-state index contributed by atoms with van der Waals surface area (Å²) in [6, 6.07) is 0.345. The lowest BCUT2D eigenvalue weighted by atomic mass is 10.2. The summed E-state index contributed by atoms with van der Waals surface area (Å²) in [6.07, 6.45) is 4.83. The SMILES string of the molecule is C=CCNCC(=O)N(C)C(CC)CSC. The molecule has 1 N–H and O–H groups in total. The first kappa shape index (κ1) is 14.5. The maximum Gasteiger partial charge on any atom is 0.236 e. The Hall–Kier alpha value is -0.480. The number of nitrogens with one attached hydrogen (secondary N) is 1. The van der Waals surface area contributed by atoms with Gasteiger partial charge in [-0.2, -0.15) is 11.8 Å². The molecule has 0 bridgehead atoms. The van der Waals surface area contributed by atoms with Crippen LogP contribution in [0.25, 0.3) is 0 Å². The van der Waals surface area contributed by atoms with Crippen molar-refractivity contribution >= 4 is 17.7 Å². The zero-order chi connectivity index (χ0) is 11.7. The summed E-state index contributed by atoms with van der Waals surface area (Å²) in [5.41, 5.74) is 0. The molecule has 0 aliphatic heterocycles. The van der Waals surface area contributed by atoms with E-state index in [2.05, 4.69) is 25.1 Å². The minimum Gasteiger partial charge on any atom is -0.341 e. The molecule has 0 aromatic heterocycles. The van der Waals surface area contributed by atoms with Gasteiger partial charge in [-0.1, -0.05) is 13.0 Å². The maximum atomic E-state index is 11.7. The Morgan fingerprint density at radius 2 is 2.33 bits per heavy atom. The van der Waals surface area contributed by atoms with E-state index < -0.39 is 0 Å². The molecule has 1 unspecified atom stereocenters. The number of amides is 1. The fraction of sp³-hybridized carbons (Fsp3) is 0.727. The number of carbonyl (C=O) groups is 1. The molecule has 1 atom stereocenters. The van der Waals surface area contributed by atoms with E-state index in [1.807, 2.05) is 11.9 Å². The third-order valence-electron chi connectivity index (χ3n) is 2.34. The lowest BCUT2D eigenvalue weighted by molar-refractivity contribution is -0.130. The largest absolute Gasteiger partial charge is 0.341 e. The van der Waals surface area contributed by atoms with Gasteiger partial charge < -0.3 is 10.2 Å². The number of carbonyl (C=O) groups excluding carboxylic acids is 1. The van der Waals surface area contributed by atoms with Gasteiger partial charge in [0.1, 0.15) is 0 Å². The number of likely N-dealkylation sites (N-methyl/N-ethyl adjacent to an activating group) is 1. The number of nitrogens with zero attached hydrogens (tertiary/aromatic N) is 1. The van der Waals surface area contributed by atoms with Crippen molar-refractivity contribution in [3.63, 3.8) is 0 Å². The van der Waals surface area contributed by atoms with Gasteiger partial charge in [-0.05, 0) is 12.7 Å². The second kappa shape index (κ2) is 8.80. The smallest absolute Gasteiger partial charge is 0.236 e. The number of thioether (sulfide) groups is 1. The van der Waals surface area contributed by atoms with Crippen molar-refractivity contribution in [2.75, 3.05) is 32.1 Å². The van der Waals surface area contributed by atoms with E-state index in [1.165, 1.54) is 0 Å². The highest BCUT2D eigenvalue weighted by Crippen LogP contribution is 2.08. The summed E-state index contributed by atoms with van der Waals surface area (Å²) in [5.74, 6) is 1.15. The van der Waals surface area contributed by atoms with Gasteiger partial charge in [-0.25, -0.2) is 0 Å². The predicted molar refractivity (Wildman–Crippen MR) is 68.3 cm³/mol. The molecular formula is C11H22N2OS. The summed E-state index contributed by atoms with van der Waals surface area (Å²) in [7, 11) is 1.88. The lowest BCUT2D eigenvalue weighted by Crippen LogP contribution is -2.42. The first-order chi connectivity index (χ1) is 7.17. The molecule has 1 amide bonds. The zero-order valence-electron chi connectivity index (χ0n) is 9.95. The van der Waals surface area contributed by atoms with Crippen molar-refractivity contribution in [1.82, 2.24) is 10.2 Å². The third kappa shape index (κ3) is 5.85. The second-order valence-electron chi connectivity index (χ2n) is 3.44. The first-order valence-corrected chi connectivity index (χ1v) is 6.62. The molecule has 0 aromatic rings. The van der Waals surface area contributed by atoms with Crippen molar-refractivity contribution in [2.45, 2.75) is 19.4 Å². The highest BCUT2D eigenvalue weighted by molar-refractivity contribution is 7.98. The van der Waals surface area contributed by atoms with Crippen LogP contribution in [0, 0.1) is 0 Å². The molecule has 0 saturated heterocycles. The van der Waals surface area contributed by atoms with E-state index in [-0.39, 0.29) is 5.91 Å². The summed E-state index contributed by atoms with van der Waals surface area (Å²) >= 11 is 1.78. The molecule has 0 saturated carbocycles. The van der Waals surface area contributed by atoms with E-state index in [0.717, 1.165) is 12.2 Å². The summed E-state index contributed by atoms with van der Waals surface area (Å²) < 4.78 is 0. The molecule has 0 aliphatic rings. The Kier molecular flexibility index (Phi) is 8.52. The van der Waals surface area contributed by atoms with Gasteiger partial charge in [-0.15, -0.1) is 6.58 Å². The molecule has 88 valence electrons. The van der Waals surface area contributed by atoms with Crippen molar-refractivity contribution in [1.29, 1.82) is 0 Å². The Morgan fingerprint density at radius 1 is 1.67 bits per heavy atom. The molecule has 0 aliphatic carbocycles. The highest BCUT2D eigenvalue weighted by Gasteiger charge is 2.16. The van der Waals surface area contributed by atoms with E-state index in [4.69, 9.17) is 0 Å². The summed E-state index contributed by atoms with van der Waals surface area (Å²) in [4.78, 5) is 13.6. The summed E-state index contributed by atoms with van der Waals surface area (Å²) in [6.45, 7) is 6.78. The molecule has 3 nitrogen and oxygen atoms in total. The van der Waals surface area contributed by atoms with Crippen molar-refractivity contribution < 1.29 is 4.79 Å². The van der Waals surface area contributed by atoms with Gasteiger partial charge in [0, 0.05) is 25.4 Å². The Morgan fingerprint density at radius 3 is 2.80 bits per heavy atom. The van der Waals surface area contributed by atoms with Crippen LogP contribution in [0.4, 0.5) is 0 Å². The van der Waals surface area contributed by atoms with Crippen LogP contribution in [0.5, 0.6) is 0 Å². The van der Waals surface area contributed by atoms with Crippen LogP contribution in [0.15, 0.2) is 12.7 Å². The van der Waals surface area contributed by atoms with Crippen LogP contribution < -0.4 is 5.32 Å². The quantitative estimate of drug-likeness (QED) is 0.505. The zero-order valence-corrected chi connectivity index (χ0v) is 10.8. The minimum atomic E-state index is 0.151. The van der Waals surface area contributed by atoms with Crippen LogP contribution >= 0.6 is 11.8 Å². The van der Waals surface area contributed by atoms with Crippen molar-refractivity contribution in [3.8, 4) is 0 Å². The second-order valence-corrected chi connectivity index (χ2v) is 4.35. The van der Waals surface area contributed by atoms with E-state index in [0.29, 0.717) is 19.1 Å². The van der Waals surface area contributed by atoms with E-state index in [1.54, 1.807) is 17.8 Å².